The van der Waals surface area contributed by atoms with Gasteiger partial charge in [0.15, 0.2) is 0 Å². The van der Waals surface area contributed by atoms with Crippen LogP contribution >= 0.6 is 23.2 Å². The largest absolute Gasteiger partial charge is 0.392 e. The van der Waals surface area contributed by atoms with Crippen molar-refractivity contribution in [3.8, 4) is 0 Å². The lowest BCUT2D eigenvalue weighted by atomic mass is 10.2. The maximum atomic E-state index is 12.5. The van der Waals surface area contributed by atoms with E-state index in [1.54, 1.807) is 0 Å². The molecule has 1 aromatic carbocycles. The minimum absolute atomic E-state index is 0.0144. The highest BCUT2D eigenvalue weighted by molar-refractivity contribution is 7.89. The Morgan fingerprint density at radius 3 is 2.37 bits per heavy atom. The molecule has 0 radical (unpaired) electrons. The molecule has 0 unspecified atom stereocenters. The van der Waals surface area contributed by atoms with Crippen molar-refractivity contribution in [2.75, 3.05) is 13.1 Å². The van der Waals surface area contributed by atoms with E-state index in [1.807, 2.05) is 0 Å². The molecule has 19 heavy (non-hydrogen) atoms. The summed E-state index contributed by atoms with van der Waals surface area (Å²) in [6.45, 7) is 0.631. The third-order valence-electron chi connectivity index (χ3n) is 3.24. The van der Waals surface area contributed by atoms with Gasteiger partial charge in [0.05, 0.1) is 11.6 Å². The van der Waals surface area contributed by atoms with Crippen LogP contribution in [0, 0.1) is 0 Å². The average molecular weight is 324 g/mol. The predicted octanol–water partition coefficient (Wildman–Crippen LogP) is 2.66. The van der Waals surface area contributed by atoms with Gasteiger partial charge < -0.3 is 5.11 Å². The number of aliphatic hydroxyl groups excluding tert-OH is 1. The van der Waals surface area contributed by atoms with E-state index >= 15 is 0 Å². The molecule has 2 rings (SSSR count). The number of hydrogen-bond acceptors (Lipinski definition) is 3. The molecule has 1 aliphatic heterocycles. The second kappa shape index (κ2) is 5.97. The van der Waals surface area contributed by atoms with Crippen LogP contribution in [0.2, 0.25) is 10.0 Å². The Morgan fingerprint density at radius 2 is 1.79 bits per heavy atom. The molecule has 0 spiro atoms. The molecule has 4 nitrogen and oxygen atoms in total. The molecule has 1 fully saturated rings. The monoisotopic (exact) mass is 323 g/mol. The van der Waals surface area contributed by atoms with Crippen LogP contribution in [-0.2, 0) is 16.6 Å². The van der Waals surface area contributed by atoms with E-state index in [4.69, 9.17) is 23.2 Å². The number of aliphatic hydroxyl groups is 1. The normalized spacial score (nSPS) is 17.6. The molecule has 0 aliphatic carbocycles. The number of piperidine rings is 1. The number of rotatable bonds is 3. The van der Waals surface area contributed by atoms with E-state index in [0.29, 0.717) is 13.1 Å². The highest BCUT2D eigenvalue weighted by Crippen LogP contribution is 2.33. The van der Waals surface area contributed by atoms with Gasteiger partial charge in [0, 0.05) is 23.7 Å². The van der Waals surface area contributed by atoms with Crippen LogP contribution in [0.25, 0.3) is 0 Å². The Kier molecular flexibility index (Phi) is 4.74. The lowest BCUT2D eigenvalue weighted by Crippen LogP contribution is -2.35. The fraction of sp³-hybridized carbons (Fsp3) is 0.500. The van der Waals surface area contributed by atoms with Crippen LogP contribution in [0.5, 0.6) is 0 Å². The Bertz CT molecular complexity index is 569. The minimum Gasteiger partial charge on any atom is -0.392 e. The van der Waals surface area contributed by atoms with Crippen molar-refractivity contribution in [3.05, 3.63) is 27.7 Å². The third kappa shape index (κ3) is 2.90. The smallest absolute Gasteiger partial charge is 0.244 e. The number of halogens is 2. The van der Waals surface area contributed by atoms with Crippen molar-refractivity contribution in [2.45, 2.75) is 30.8 Å². The molecular formula is C12H15Cl2NO3S. The summed E-state index contributed by atoms with van der Waals surface area (Å²) in [5.41, 5.74) is 0.251. The van der Waals surface area contributed by atoms with Crippen LogP contribution in [0.3, 0.4) is 0 Å². The van der Waals surface area contributed by atoms with Crippen LogP contribution in [-0.4, -0.2) is 30.9 Å². The van der Waals surface area contributed by atoms with E-state index in [1.165, 1.54) is 16.4 Å². The molecule has 0 saturated carbocycles. The van der Waals surface area contributed by atoms with Gasteiger partial charge in [-0.25, -0.2) is 8.42 Å². The fourth-order valence-electron chi connectivity index (χ4n) is 2.16. The van der Waals surface area contributed by atoms with Gasteiger partial charge in [0.2, 0.25) is 10.0 Å². The van der Waals surface area contributed by atoms with E-state index in [9.17, 15) is 13.5 Å². The number of nitrogens with zero attached hydrogens (tertiary/aromatic N) is 1. The van der Waals surface area contributed by atoms with Crippen LogP contribution < -0.4 is 0 Å². The fourth-order valence-corrected chi connectivity index (χ4v) is 4.55. The number of sulfonamides is 1. The summed E-state index contributed by atoms with van der Waals surface area (Å²) in [5, 5.41) is 9.51. The molecule has 1 heterocycles. The maximum Gasteiger partial charge on any atom is 0.244 e. The zero-order valence-electron chi connectivity index (χ0n) is 10.3. The van der Waals surface area contributed by atoms with Crippen LogP contribution in [0.4, 0.5) is 0 Å². The van der Waals surface area contributed by atoms with Crippen molar-refractivity contribution >= 4 is 33.2 Å². The van der Waals surface area contributed by atoms with Gasteiger partial charge in [0.1, 0.15) is 4.90 Å². The van der Waals surface area contributed by atoms with E-state index in [2.05, 4.69) is 0 Å². The zero-order valence-corrected chi connectivity index (χ0v) is 12.6. The standard InChI is InChI=1S/C12H15Cl2NO3S/c13-10-4-5-11(12(14)9(10)8-16)19(17,18)15-6-2-1-3-7-15/h4-5,16H,1-3,6-8H2. The molecule has 0 bridgehead atoms. The minimum atomic E-state index is -3.61. The molecule has 7 heteroatoms. The van der Waals surface area contributed by atoms with Gasteiger partial charge >= 0.3 is 0 Å². The summed E-state index contributed by atoms with van der Waals surface area (Å²) in [6, 6.07) is 2.85. The Balaban J connectivity index is 2.46. The summed E-state index contributed by atoms with van der Waals surface area (Å²) >= 11 is 12.0. The summed E-state index contributed by atoms with van der Waals surface area (Å²) < 4.78 is 26.4. The van der Waals surface area contributed by atoms with Crippen LogP contribution in [0.1, 0.15) is 24.8 Å². The summed E-state index contributed by atoms with van der Waals surface area (Å²) in [5.74, 6) is 0. The molecule has 1 N–H and O–H groups in total. The molecule has 0 amide bonds. The van der Waals surface area contributed by atoms with E-state index in [0.717, 1.165) is 19.3 Å². The van der Waals surface area contributed by atoms with Gasteiger partial charge in [-0.05, 0) is 25.0 Å². The molecule has 106 valence electrons. The van der Waals surface area contributed by atoms with Gasteiger partial charge in [-0.1, -0.05) is 29.6 Å². The Hall–Kier alpha value is -0.330. The van der Waals surface area contributed by atoms with Crippen molar-refractivity contribution < 1.29 is 13.5 Å². The first-order valence-corrected chi connectivity index (χ1v) is 8.26. The lowest BCUT2D eigenvalue weighted by Gasteiger charge is -2.26. The second-order valence-corrected chi connectivity index (χ2v) is 7.15. The zero-order chi connectivity index (χ0) is 14.0. The van der Waals surface area contributed by atoms with E-state index < -0.39 is 10.0 Å². The molecule has 1 aromatic rings. The predicted molar refractivity (Wildman–Crippen MR) is 75.0 cm³/mol. The third-order valence-corrected chi connectivity index (χ3v) is 6.08. The lowest BCUT2D eigenvalue weighted by molar-refractivity contribution is 0.281. The van der Waals surface area contributed by atoms with E-state index in [-0.39, 0.29) is 27.1 Å². The molecule has 1 saturated heterocycles. The van der Waals surface area contributed by atoms with Crippen molar-refractivity contribution in [1.29, 1.82) is 0 Å². The van der Waals surface area contributed by atoms with Gasteiger partial charge in [-0.15, -0.1) is 0 Å². The van der Waals surface area contributed by atoms with Crippen LogP contribution in [0.15, 0.2) is 17.0 Å². The quantitative estimate of drug-likeness (QED) is 0.930. The molecule has 1 aliphatic rings. The highest BCUT2D eigenvalue weighted by Gasteiger charge is 2.29. The van der Waals surface area contributed by atoms with Crippen molar-refractivity contribution in [2.24, 2.45) is 0 Å². The summed E-state index contributed by atoms with van der Waals surface area (Å²) in [6.07, 6.45) is 2.76. The first-order chi connectivity index (χ1) is 8.98. The topological polar surface area (TPSA) is 57.6 Å². The number of hydrogen-bond donors (Lipinski definition) is 1. The maximum absolute atomic E-state index is 12.5. The first kappa shape index (κ1) is 15.1. The average Bonchev–Trinajstić information content (AvgIpc) is 2.40. The van der Waals surface area contributed by atoms with Crippen molar-refractivity contribution in [3.63, 3.8) is 0 Å². The Labute approximate surface area is 123 Å². The molecule has 0 aromatic heterocycles. The number of benzene rings is 1. The second-order valence-electron chi connectivity index (χ2n) is 4.46. The first-order valence-electron chi connectivity index (χ1n) is 6.06. The highest BCUT2D eigenvalue weighted by atomic mass is 35.5. The molecule has 0 atom stereocenters. The molecular weight excluding hydrogens is 309 g/mol. The summed E-state index contributed by atoms with van der Waals surface area (Å²) in [4.78, 5) is 0.0181. The summed E-state index contributed by atoms with van der Waals surface area (Å²) in [7, 11) is -3.61. The SMILES string of the molecule is O=S(=O)(c1ccc(Cl)c(CO)c1Cl)N1CCCCC1. The van der Waals surface area contributed by atoms with Crippen molar-refractivity contribution in [1.82, 2.24) is 4.31 Å². The van der Waals surface area contributed by atoms with Gasteiger partial charge in [-0.3, -0.25) is 0 Å². The van der Waals surface area contributed by atoms with Gasteiger partial charge in [0.25, 0.3) is 0 Å². The van der Waals surface area contributed by atoms with Gasteiger partial charge in [-0.2, -0.15) is 4.31 Å². The Morgan fingerprint density at radius 1 is 1.16 bits per heavy atom.